The minimum Gasteiger partial charge on any atom is -0.468 e. The molecule has 5 nitrogen and oxygen atoms in total. The molecule has 0 aromatic carbocycles. The molecule has 1 fully saturated rings. The van der Waals surface area contributed by atoms with Gasteiger partial charge in [-0.05, 0) is 13.0 Å². The third-order valence-electron chi connectivity index (χ3n) is 2.31. The first-order valence-corrected chi connectivity index (χ1v) is 5.64. The highest BCUT2D eigenvalue weighted by molar-refractivity contribution is 5.07. The van der Waals surface area contributed by atoms with Crippen LogP contribution in [0.25, 0.3) is 0 Å². The summed E-state index contributed by atoms with van der Waals surface area (Å²) in [6, 6.07) is 0. The molecule has 5 heteroatoms. The maximum atomic E-state index is 5.51. The fourth-order valence-electron chi connectivity index (χ4n) is 1.34. The molecule has 88 valence electrons. The van der Waals surface area contributed by atoms with Crippen LogP contribution in [0.4, 0.5) is 0 Å². The Morgan fingerprint density at radius 3 is 2.88 bits per heavy atom. The molecule has 0 atom stereocenters. The van der Waals surface area contributed by atoms with E-state index in [1.165, 1.54) is 0 Å². The molecule has 0 unspecified atom stereocenters. The normalized spacial score (nSPS) is 15.8. The molecule has 0 spiro atoms. The van der Waals surface area contributed by atoms with Crippen molar-refractivity contribution in [2.75, 3.05) is 19.8 Å². The van der Waals surface area contributed by atoms with Crippen molar-refractivity contribution in [3.05, 3.63) is 18.1 Å². The maximum absolute atomic E-state index is 5.51. The van der Waals surface area contributed by atoms with Crippen molar-refractivity contribution in [2.24, 2.45) is 0 Å². The second-order valence-corrected chi connectivity index (χ2v) is 3.80. The van der Waals surface area contributed by atoms with Crippen molar-refractivity contribution >= 4 is 0 Å². The molecule has 0 saturated carbocycles. The average Bonchev–Trinajstić information content (AvgIpc) is 2.26. The van der Waals surface area contributed by atoms with Gasteiger partial charge >= 0.3 is 0 Å². The van der Waals surface area contributed by atoms with Crippen molar-refractivity contribution < 1.29 is 9.47 Å². The van der Waals surface area contributed by atoms with Crippen molar-refractivity contribution in [3.63, 3.8) is 0 Å². The number of ether oxygens (including phenoxy) is 2. The van der Waals surface area contributed by atoms with Gasteiger partial charge in [-0.2, -0.15) is 0 Å². The molecule has 1 N–H and O–H groups in total. The zero-order valence-electron chi connectivity index (χ0n) is 9.48. The highest BCUT2D eigenvalue weighted by Gasteiger charge is 2.20. The summed E-state index contributed by atoms with van der Waals surface area (Å²) in [6.45, 7) is 5.20. The molecule has 1 aromatic rings. The summed E-state index contributed by atoms with van der Waals surface area (Å²) in [5.41, 5.74) is 0.936. The smallest absolute Gasteiger partial charge is 0.232 e. The Hall–Kier alpha value is -1.20. The SMILES string of the molecule is CCCNCc1cnc(OC2COC2)cn1. The van der Waals surface area contributed by atoms with E-state index in [-0.39, 0.29) is 6.10 Å². The highest BCUT2D eigenvalue weighted by Crippen LogP contribution is 2.11. The van der Waals surface area contributed by atoms with Crippen molar-refractivity contribution in [1.29, 1.82) is 0 Å². The third-order valence-corrected chi connectivity index (χ3v) is 2.31. The average molecular weight is 223 g/mol. The van der Waals surface area contributed by atoms with Crippen LogP contribution in [-0.2, 0) is 11.3 Å². The van der Waals surface area contributed by atoms with Crippen LogP contribution < -0.4 is 10.1 Å². The van der Waals surface area contributed by atoms with Gasteiger partial charge in [-0.15, -0.1) is 0 Å². The molecular formula is C11H17N3O2. The predicted molar refractivity (Wildman–Crippen MR) is 59.3 cm³/mol. The van der Waals surface area contributed by atoms with Crippen LogP contribution in [0.15, 0.2) is 12.4 Å². The van der Waals surface area contributed by atoms with Crippen molar-refractivity contribution in [2.45, 2.75) is 26.0 Å². The molecule has 1 aliphatic heterocycles. The van der Waals surface area contributed by atoms with E-state index in [0.29, 0.717) is 19.1 Å². The summed E-state index contributed by atoms with van der Waals surface area (Å²) in [5, 5.41) is 3.27. The van der Waals surface area contributed by atoms with Gasteiger partial charge in [0.05, 0.1) is 31.3 Å². The van der Waals surface area contributed by atoms with E-state index >= 15 is 0 Å². The largest absolute Gasteiger partial charge is 0.468 e. The fraction of sp³-hybridized carbons (Fsp3) is 0.636. The van der Waals surface area contributed by atoms with Gasteiger partial charge in [-0.3, -0.25) is 4.98 Å². The van der Waals surface area contributed by atoms with Crippen LogP contribution in [0.2, 0.25) is 0 Å². The van der Waals surface area contributed by atoms with Crippen LogP contribution in [-0.4, -0.2) is 35.8 Å². The Kier molecular flexibility index (Phi) is 4.07. The molecule has 0 radical (unpaired) electrons. The lowest BCUT2D eigenvalue weighted by molar-refractivity contribution is -0.0814. The second-order valence-electron chi connectivity index (χ2n) is 3.80. The van der Waals surface area contributed by atoms with E-state index in [9.17, 15) is 0 Å². The molecular weight excluding hydrogens is 206 g/mol. The molecule has 2 heterocycles. The third kappa shape index (κ3) is 3.15. The lowest BCUT2D eigenvalue weighted by atomic mass is 10.3. The van der Waals surface area contributed by atoms with Gasteiger partial charge in [0.1, 0.15) is 6.10 Å². The van der Waals surface area contributed by atoms with Gasteiger partial charge < -0.3 is 14.8 Å². The van der Waals surface area contributed by atoms with Crippen LogP contribution in [0, 0.1) is 0 Å². The highest BCUT2D eigenvalue weighted by atomic mass is 16.6. The van der Waals surface area contributed by atoms with Gasteiger partial charge in [0.2, 0.25) is 5.88 Å². The summed E-state index contributed by atoms with van der Waals surface area (Å²) >= 11 is 0. The summed E-state index contributed by atoms with van der Waals surface area (Å²) in [6.07, 6.45) is 4.69. The van der Waals surface area contributed by atoms with Crippen LogP contribution in [0.1, 0.15) is 19.0 Å². The number of aromatic nitrogens is 2. The standard InChI is InChI=1S/C11H17N3O2/c1-2-3-12-4-9-5-14-11(6-13-9)16-10-7-15-8-10/h5-6,10,12H,2-4,7-8H2,1H3. The maximum Gasteiger partial charge on any atom is 0.232 e. The predicted octanol–water partition coefficient (Wildman–Crippen LogP) is 0.754. The Morgan fingerprint density at radius 2 is 2.31 bits per heavy atom. The number of hydrogen-bond acceptors (Lipinski definition) is 5. The molecule has 0 amide bonds. The Morgan fingerprint density at radius 1 is 1.44 bits per heavy atom. The molecule has 2 rings (SSSR count). The molecule has 1 aliphatic rings. The van der Waals surface area contributed by atoms with Crippen molar-refractivity contribution in [1.82, 2.24) is 15.3 Å². The number of nitrogens with zero attached hydrogens (tertiary/aromatic N) is 2. The quantitative estimate of drug-likeness (QED) is 0.721. The summed E-state index contributed by atoms with van der Waals surface area (Å²) < 4.78 is 10.5. The van der Waals surface area contributed by atoms with Gasteiger partial charge in [0.25, 0.3) is 0 Å². The van der Waals surface area contributed by atoms with E-state index in [2.05, 4.69) is 22.2 Å². The van der Waals surface area contributed by atoms with E-state index in [0.717, 1.165) is 25.2 Å². The monoisotopic (exact) mass is 223 g/mol. The van der Waals surface area contributed by atoms with E-state index in [1.54, 1.807) is 12.4 Å². The molecule has 0 bridgehead atoms. The lowest BCUT2D eigenvalue weighted by Crippen LogP contribution is -2.38. The molecule has 0 aliphatic carbocycles. The Labute approximate surface area is 95.2 Å². The van der Waals surface area contributed by atoms with Gasteiger partial charge in [-0.1, -0.05) is 6.92 Å². The summed E-state index contributed by atoms with van der Waals surface area (Å²) in [4.78, 5) is 8.47. The van der Waals surface area contributed by atoms with Gasteiger partial charge in [0, 0.05) is 6.54 Å². The van der Waals surface area contributed by atoms with E-state index in [4.69, 9.17) is 9.47 Å². The van der Waals surface area contributed by atoms with Crippen LogP contribution in [0.3, 0.4) is 0 Å². The minimum atomic E-state index is 0.151. The Balaban J connectivity index is 1.78. The van der Waals surface area contributed by atoms with E-state index < -0.39 is 0 Å². The van der Waals surface area contributed by atoms with E-state index in [1.807, 2.05) is 0 Å². The topological polar surface area (TPSA) is 56.3 Å². The zero-order valence-corrected chi connectivity index (χ0v) is 9.48. The number of hydrogen-bond donors (Lipinski definition) is 1. The van der Waals surface area contributed by atoms with Crippen molar-refractivity contribution in [3.8, 4) is 5.88 Å². The number of nitrogens with one attached hydrogen (secondary N) is 1. The Bertz CT molecular complexity index is 312. The summed E-state index contributed by atoms with van der Waals surface area (Å²) in [7, 11) is 0. The van der Waals surface area contributed by atoms with Crippen LogP contribution >= 0.6 is 0 Å². The molecule has 16 heavy (non-hydrogen) atoms. The molecule has 1 aromatic heterocycles. The zero-order chi connectivity index (χ0) is 11.2. The first-order chi connectivity index (χ1) is 7.88. The number of rotatable bonds is 6. The fourth-order valence-corrected chi connectivity index (χ4v) is 1.34. The molecule has 1 saturated heterocycles. The summed E-state index contributed by atoms with van der Waals surface area (Å²) in [5.74, 6) is 0.576. The van der Waals surface area contributed by atoms with Crippen LogP contribution in [0.5, 0.6) is 5.88 Å². The minimum absolute atomic E-state index is 0.151. The second kappa shape index (κ2) is 5.77. The lowest BCUT2D eigenvalue weighted by Gasteiger charge is -2.25. The first-order valence-electron chi connectivity index (χ1n) is 5.64. The van der Waals surface area contributed by atoms with Gasteiger partial charge in [-0.25, -0.2) is 4.98 Å². The first kappa shape index (κ1) is 11.3. The van der Waals surface area contributed by atoms with Gasteiger partial charge in [0.15, 0.2) is 0 Å².